The van der Waals surface area contributed by atoms with Gasteiger partial charge >= 0.3 is 5.97 Å². The van der Waals surface area contributed by atoms with Gasteiger partial charge in [-0.25, -0.2) is 0 Å². The van der Waals surface area contributed by atoms with Gasteiger partial charge in [0, 0.05) is 10.9 Å². The van der Waals surface area contributed by atoms with Gasteiger partial charge < -0.3 is 14.8 Å². The second-order valence-electron chi connectivity index (χ2n) is 6.02. The average Bonchev–Trinajstić information content (AvgIpc) is 2.85. The van der Waals surface area contributed by atoms with Crippen molar-refractivity contribution in [1.82, 2.24) is 5.32 Å². The van der Waals surface area contributed by atoms with Crippen molar-refractivity contribution in [3.8, 4) is 0 Å². The highest BCUT2D eigenvalue weighted by molar-refractivity contribution is 6.00. The van der Waals surface area contributed by atoms with Gasteiger partial charge in [-0.1, -0.05) is 32.0 Å². The fourth-order valence-corrected chi connectivity index (χ4v) is 2.91. The second-order valence-corrected chi connectivity index (χ2v) is 6.02. The van der Waals surface area contributed by atoms with Crippen LogP contribution < -0.4 is 5.32 Å². The lowest BCUT2D eigenvalue weighted by Gasteiger charge is -2.31. The predicted octanol–water partition coefficient (Wildman–Crippen LogP) is 3.81. The summed E-state index contributed by atoms with van der Waals surface area (Å²) in [5.41, 5.74) is 1.68. The summed E-state index contributed by atoms with van der Waals surface area (Å²) in [5.74, 6) is -1.03. The molecule has 124 valence electrons. The zero-order chi connectivity index (χ0) is 17.2. The van der Waals surface area contributed by atoms with Crippen molar-refractivity contribution in [3.05, 3.63) is 35.1 Å². The number of benzene rings is 1. The molecule has 0 spiro atoms. The number of furan rings is 1. The normalized spacial score (nSPS) is 11.7. The minimum Gasteiger partial charge on any atom is -0.481 e. The smallest absolute Gasteiger partial charge is 0.305 e. The van der Waals surface area contributed by atoms with E-state index in [4.69, 9.17) is 9.52 Å². The highest BCUT2D eigenvalue weighted by Gasteiger charge is 2.33. The fourth-order valence-electron chi connectivity index (χ4n) is 2.91. The van der Waals surface area contributed by atoms with Crippen molar-refractivity contribution < 1.29 is 19.1 Å². The third kappa shape index (κ3) is 3.23. The van der Waals surface area contributed by atoms with E-state index in [1.54, 1.807) is 0 Å². The van der Waals surface area contributed by atoms with E-state index in [2.05, 4.69) is 5.32 Å². The van der Waals surface area contributed by atoms with Gasteiger partial charge in [0.25, 0.3) is 5.91 Å². The number of nitrogens with one attached hydrogen (secondary N) is 1. The molecule has 5 nitrogen and oxygen atoms in total. The quantitative estimate of drug-likeness (QED) is 0.849. The minimum absolute atomic E-state index is 0.107. The lowest BCUT2D eigenvalue weighted by molar-refractivity contribution is -0.138. The van der Waals surface area contributed by atoms with Crippen LogP contribution in [0.4, 0.5) is 0 Å². The molecule has 0 radical (unpaired) electrons. The number of carbonyl (C=O) groups excluding carboxylic acids is 1. The molecule has 0 fully saturated rings. The summed E-state index contributed by atoms with van der Waals surface area (Å²) >= 11 is 0. The predicted molar refractivity (Wildman–Crippen MR) is 88.7 cm³/mol. The monoisotopic (exact) mass is 317 g/mol. The van der Waals surface area contributed by atoms with Crippen molar-refractivity contribution >= 4 is 22.8 Å². The maximum Gasteiger partial charge on any atom is 0.305 e. The van der Waals surface area contributed by atoms with Gasteiger partial charge in [0.15, 0.2) is 5.76 Å². The van der Waals surface area contributed by atoms with Crippen LogP contribution >= 0.6 is 0 Å². The number of fused-ring (bicyclic) bond motifs is 1. The largest absolute Gasteiger partial charge is 0.481 e. The highest BCUT2D eigenvalue weighted by Crippen LogP contribution is 2.29. The molecule has 2 rings (SSSR count). The van der Waals surface area contributed by atoms with Crippen molar-refractivity contribution in [2.45, 2.75) is 52.5 Å². The number of aliphatic carboxylic acids is 1. The summed E-state index contributed by atoms with van der Waals surface area (Å²) in [6.45, 7) is 7.53. The van der Waals surface area contributed by atoms with Crippen molar-refractivity contribution in [2.24, 2.45) is 0 Å². The molecular formula is C18H23NO4. The Morgan fingerprint density at radius 1 is 1.22 bits per heavy atom. The third-order valence-electron chi connectivity index (χ3n) is 4.59. The summed E-state index contributed by atoms with van der Waals surface area (Å²) < 4.78 is 5.77. The molecule has 0 unspecified atom stereocenters. The number of para-hydroxylation sites is 1. The molecule has 5 heteroatoms. The molecule has 1 amide bonds. The molecule has 1 aromatic heterocycles. The first-order valence-electron chi connectivity index (χ1n) is 7.86. The molecule has 1 heterocycles. The van der Waals surface area contributed by atoms with E-state index in [9.17, 15) is 9.59 Å². The summed E-state index contributed by atoms with van der Waals surface area (Å²) in [6, 6.07) is 5.77. The van der Waals surface area contributed by atoms with Gasteiger partial charge in [0.2, 0.25) is 0 Å². The number of carboxylic acid groups (broad SMARTS) is 1. The van der Waals surface area contributed by atoms with E-state index < -0.39 is 11.5 Å². The highest BCUT2D eigenvalue weighted by atomic mass is 16.4. The van der Waals surface area contributed by atoms with Crippen LogP contribution in [0.25, 0.3) is 11.0 Å². The van der Waals surface area contributed by atoms with E-state index in [1.807, 2.05) is 45.9 Å². The molecule has 0 atom stereocenters. The number of rotatable bonds is 6. The molecule has 0 bridgehead atoms. The van der Waals surface area contributed by atoms with Crippen molar-refractivity contribution in [2.75, 3.05) is 0 Å². The van der Waals surface area contributed by atoms with Crippen LogP contribution in [0.15, 0.2) is 22.6 Å². The molecule has 0 aliphatic carbocycles. The Kier molecular flexibility index (Phi) is 4.78. The number of aryl methyl sites for hydroxylation is 2. The van der Waals surface area contributed by atoms with E-state index >= 15 is 0 Å². The van der Waals surface area contributed by atoms with Gasteiger partial charge in [0.1, 0.15) is 5.58 Å². The standard InChI is InChI=1S/C18H23NO4/c1-5-18(6-2,10-14(20)21)19-17(22)16-12(4)13-9-7-8-11(3)15(13)23-16/h7-9H,5-6,10H2,1-4H3,(H,19,22)(H,20,21). The Morgan fingerprint density at radius 2 is 1.87 bits per heavy atom. The Bertz CT molecular complexity index is 741. The maximum atomic E-state index is 12.7. The molecular weight excluding hydrogens is 294 g/mol. The van der Waals surface area contributed by atoms with Gasteiger partial charge in [-0.2, -0.15) is 0 Å². The van der Waals surface area contributed by atoms with Crippen LogP contribution in [0.1, 0.15) is 54.8 Å². The van der Waals surface area contributed by atoms with Crippen LogP contribution in [0, 0.1) is 13.8 Å². The molecule has 2 N–H and O–H groups in total. The Hall–Kier alpha value is -2.30. The average molecular weight is 317 g/mol. The topological polar surface area (TPSA) is 79.5 Å². The SMILES string of the molecule is CCC(CC)(CC(=O)O)NC(=O)c1oc2c(C)cccc2c1C. The van der Waals surface area contributed by atoms with Crippen LogP contribution in [0.3, 0.4) is 0 Å². The zero-order valence-corrected chi connectivity index (χ0v) is 14.0. The first-order valence-corrected chi connectivity index (χ1v) is 7.86. The lowest BCUT2D eigenvalue weighted by atomic mass is 9.88. The van der Waals surface area contributed by atoms with Crippen molar-refractivity contribution in [1.29, 1.82) is 0 Å². The molecule has 1 aromatic carbocycles. The third-order valence-corrected chi connectivity index (χ3v) is 4.59. The first kappa shape index (κ1) is 17.1. The Labute approximate surface area is 135 Å². The zero-order valence-electron chi connectivity index (χ0n) is 14.0. The Morgan fingerprint density at radius 3 is 2.39 bits per heavy atom. The molecule has 0 aliphatic rings. The van der Waals surface area contributed by atoms with Crippen LogP contribution in [-0.4, -0.2) is 22.5 Å². The van der Waals surface area contributed by atoms with Gasteiger partial charge in [-0.05, 0) is 32.3 Å². The van der Waals surface area contributed by atoms with Gasteiger partial charge in [-0.3, -0.25) is 9.59 Å². The summed E-state index contributed by atoms with van der Waals surface area (Å²) in [6.07, 6.45) is 0.976. The molecule has 0 saturated carbocycles. The lowest BCUT2D eigenvalue weighted by Crippen LogP contribution is -2.49. The van der Waals surface area contributed by atoms with Crippen LogP contribution in [-0.2, 0) is 4.79 Å². The Balaban J connectivity index is 2.38. The number of carbonyl (C=O) groups is 2. The molecule has 0 aliphatic heterocycles. The van der Waals surface area contributed by atoms with E-state index in [1.165, 1.54) is 0 Å². The maximum absolute atomic E-state index is 12.7. The summed E-state index contributed by atoms with van der Waals surface area (Å²) in [5, 5.41) is 12.9. The molecule has 0 saturated heterocycles. The summed E-state index contributed by atoms with van der Waals surface area (Å²) in [4.78, 5) is 23.8. The second kappa shape index (κ2) is 6.44. The van der Waals surface area contributed by atoms with E-state index in [0.29, 0.717) is 18.4 Å². The fraction of sp³-hybridized carbons (Fsp3) is 0.444. The number of hydrogen-bond acceptors (Lipinski definition) is 3. The van der Waals surface area contributed by atoms with Gasteiger partial charge in [0.05, 0.1) is 12.0 Å². The van der Waals surface area contributed by atoms with E-state index in [0.717, 1.165) is 16.5 Å². The molecule has 23 heavy (non-hydrogen) atoms. The number of hydrogen-bond donors (Lipinski definition) is 2. The molecule has 2 aromatic rings. The van der Waals surface area contributed by atoms with E-state index in [-0.39, 0.29) is 18.1 Å². The van der Waals surface area contributed by atoms with Crippen molar-refractivity contribution in [3.63, 3.8) is 0 Å². The first-order chi connectivity index (χ1) is 10.8. The minimum atomic E-state index is -0.925. The number of amides is 1. The van der Waals surface area contributed by atoms with Crippen LogP contribution in [0.2, 0.25) is 0 Å². The summed E-state index contributed by atoms with van der Waals surface area (Å²) in [7, 11) is 0. The van der Waals surface area contributed by atoms with Crippen LogP contribution in [0.5, 0.6) is 0 Å². The number of carboxylic acids is 1. The van der Waals surface area contributed by atoms with Gasteiger partial charge in [-0.15, -0.1) is 0 Å².